The summed E-state index contributed by atoms with van der Waals surface area (Å²) >= 11 is 18.0. The van der Waals surface area contributed by atoms with Crippen LogP contribution in [0.1, 0.15) is 79.1 Å². The molecule has 8 rings (SSSR count). The number of thiocarbonyl (C=S) groups is 2. The van der Waals surface area contributed by atoms with E-state index in [4.69, 9.17) is 33.9 Å². The predicted octanol–water partition coefficient (Wildman–Crippen LogP) is 19.2. The first-order valence-electron chi connectivity index (χ1n) is 22.8. The van der Waals surface area contributed by atoms with Crippen molar-refractivity contribution < 1.29 is 9.47 Å². The van der Waals surface area contributed by atoms with Crippen LogP contribution in [0.2, 0.25) is 0 Å². The maximum absolute atomic E-state index is 5.97. The quantitative estimate of drug-likeness (QED) is 0.0626. The molecule has 0 bridgehead atoms. The van der Waals surface area contributed by atoms with Crippen LogP contribution in [0.3, 0.4) is 0 Å². The molecule has 2 unspecified atom stereocenters. The van der Waals surface area contributed by atoms with Crippen LogP contribution in [-0.4, -0.2) is 22.0 Å². The lowest BCUT2D eigenvalue weighted by Gasteiger charge is -2.15. The molecule has 2 heterocycles. The lowest BCUT2D eigenvalue weighted by Crippen LogP contribution is -2.10. The van der Waals surface area contributed by atoms with Gasteiger partial charge in [-0.05, 0) is 154 Å². The standard InChI is InChI=1S/C56H56O2S6/c1-5-9-11-37(7-3)35-57-55(59)61-47-27-21-41(22-28-47)39-13-17-43(18-14-39)45-25-31-49-51(33-45)63-54-50-32-26-46(34-52(50)64-53(49)54)44-19-15-40(16-20-44)42-23-29-48(30-24-42)62-56(60)58-36-38(8-4)12-10-6-2/h13-34,37-38H,5-12,35-36H2,1-4H3. The van der Waals surface area contributed by atoms with Gasteiger partial charge in [-0.15, -0.1) is 22.7 Å². The summed E-state index contributed by atoms with van der Waals surface area (Å²) in [5.74, 6) is 1.15. The fraction of sp³-hybridized carbons (Fsp3) is 0.286. The maximum atomic E-state index is 5.97. The molecule has 2 atom stereocenters. The van der Waals surface area contributed by atoms with Crippen molar-refractivity contribution in [2.24, 2.45) is 11.8 Å². The first-order chi connectivity index (χ1) is 31.3. The fourth-order valence-corrected chi connectivity index (χ4v) is 12.8. The number of thiophene rings is 2. The largest absolute Gasteiger partial charge is 0.478 e. The average Bonchev–Trinajstić information content (AvgIpc) is 3.87. The highest BCUT2D eigenvalue weighted by molar-refractivity contribution is 8.23. The van der Waals surface area contributed by atoms with Gasteiger partial charge >= 0.3 is 0 Å². The summed E-state index contributed by atoms with van der Waals surface area (Å²) < 4.78 is 18.6. The van der Waals surface area contributed by atoms with Crippen LogP contribution in [0.25, 0.3) is 74.1 Å². The number of ether oxygens (including phenoxy) is 2. The number of hydrogen-bond donors (Lipinski definition) is 0. The molecule has 328 valence electrons. The minimum atomic E-state index is 0.576. The van der Waals surface area contributed by atoms with Crippen LogP contribution < -0.4 is 0 Å². The van der Waals surface area contributed by atoms with Crippen LogP contribution >= 0.6 is 70.6 Å². The van der Waals surface area contributed by atoms with Gasteiger partial charge in [0.15, 0.2) is 0 Å². The molecule has 0 aliphatic carbocycles. The summed E-state index contributed by atoms with van der Waals surface area (Å²) in [7, 11) is 0. The Labute approximate surface area is 407 Å². The molecule has 64 heavy (non-hydrogen) atoms. The molecule has 0 saturated carbocycles. The van der Waals surface area contributed by atoms with E-state index >= 15 is 0 Å². The number of unbranched alkanes of at least 4 members (excludes halogenated alkanes) is 2. The molecule has 0 amide bonds. The summed E-state index contributed by atoms with van der Waals surface area (Å²) in [6.07, 6.45) is 9.59. The predicted molar refractivity (Wildman–Crippen MR) is 292 cm³/mol. The van der Waals surface area contributed by atoms with Crippen LogP contribution in [0, 0.1) is 11.8 Å². The summed E-state index contributed by atoms with van der Waals surface area (Å²) in [6, 6.07) is 49.0. The molecule has 0 N–H and O–H groups in total. The molecule has 8 aromatic rings. The van der Waals surface area contributed by atoms with Crippen molar-refractivity contribution in [2.45, 2.75) is 88.9 Å². The third-order valence-corrected chi connectivity index (χ3v) is 17.1. The third-order valence-electron chi connectivity index (χ3n) is 12.3. The minimum absolute atomic E-state index is 0.576. The lowest BCUT2D eigenvalue weighted by atomic mass is 10.00. The summed E-state index contributed by atoms with van der Waals surface area (Å²) in [5, 5.41) is 2.67. The Kier molecular flexibility index (Phi) is 16.3. The molecule has 0 radical (unpaired) electrons. The molecule has 0 fully saturated rings. The van der Waals surface area contributed by atoms with E-state index in [1.807, 2.05) is 22.7 Å². The Bertz CT molecular complexity index is 2610. The number of benzene rings is 6. The van der Waals surface area contributed by atoms with Crippen molar-refractivity contribution in [3.05, 3.63) is 133 Å². The number of hydrogen-bond acceptors (Lipinski definition) is 8. The highest BCUT2D eigenvalue weighted by atomic mass is 32.2. The summed E-state index contributed by atoms with van der Waals surface area (Å²) in [4.78, 5) is 2.21. The van der Waals surface area contributed by atoms with E-state index in [-0.39, 0.29) is 0 Å². The highest BCUT2D eigenvalue weighted by Crippen LogP contribution is 2.46. The van der Waals surface area contributed by atoms with E-state index < -0.39 is 0 Å². The zero-order valence-electron chi connectivity index (χ0n) is 37.2. The molecule has 2 aromatic heterocycles. The highest BCUT2D eigenvalue weighted by Gasteiger charge is 2.15. The molecule has 0 spiro atoms. The molecule has 8 heteroatoms. The smallest absolute Gasteiger partial charge is 0.224 e. The normalized spacial score (nSPS) is 12.5. The first-order valence-corrected chi connectivity index (χ1v) is 26.9. The fourth-order valence-electron chi connectivity index (χ4n) is 8.18. The Hall–Kier alpha value is -4.02. The lowest BCUT2D eigenvalue weighted by molar-refractivity contribution is 0.233. The molecule has 0 aliphatic heterocycles. The second-order valence-electron chi connectivity index (χ2n) is 16.6. The van der Waals surface area contributed by atoms with Crippen molar-refractivity contribution in [1.82, 2.24) is 0 Å². The monoisotopic (exact) mass is 952 g/mol. The average molecular weight is 953 g/mol. The van der Waals surface area contributed by atoms with Gasteiger partial charge in [-0.3, -0.25) is 0 Å². The van der Waals surface area contributed by atoms with E-state index in [0.717, 1.165) is 22.6 Å². The van der Waals surface area contributed by atoms with Gasteiger partial charge in [0.1, 0.15) is 0 Å². The van der Waals surface area contributed by atoms with Gasteiger partial charge in [0.25, 0.3) is 0 Å². The van der Waals surface area contributed by atoms with Crippen molar-refractivity contribution in [1.29, 1.82) is 0 Å². The zero-order valence-corrected chi connectivity index (χ0v) is 42.1. The van der Waals surface area contributed by atoms with E-state index in [0.29, 0.717) is 33.8 Å². The first kappa shape index (κ1) is 46.5. The van der Waals surface area contributed by atoms with Crippen molar-refractivity contribution in [2.75, 3.05) is 13.2 Å². The van der Waals surface area contributed by atoms with Crippen LogP contribution in [0.15, 0.2) is 143 Å². The number of fused-ring (bicyclic) bond motifs is 5. The Morgan fingerprint density at radius 1 is 0.453 bits per heavy atom. The molecule has 2 nitrogen and oxygen atoms in total. The number of rotatable bonds is 18. The van der Waals surface area contributed by atoms with Crippen molar-refractivity contribution >= 4 is 109 Å². The van der Waals surface area contributed by atoms with Gasteiger partial charge < -0.3 is 9.47 Å². The van der Waals surface area contributed by atoms with Crippen LogP contribution in [0.4, 0.5) is 0 Å². The van der Waals surface area contributed by atoms with E-state index in [2.05, 4.69) is 161 Å². The van der Waals surface area contributed by atoms with Gasteiger partial charge in [-0.2, -0.15) is 0 Å². The topological polar surface area (TPSA) is 18.5 Å². The second kappa shape index (κ2) is 22.4. The summed E-state index contributed by atoms with van der Waals surface area (Å²) in [5.41, 5.74) is 9.71. The zero-order chi connectivity index (χ0) is 44.4. The van der Waals surface area contributed by atoms with Crippen molar-refractivity contribution in [3.8, 4) is 44.5 Å². The van der Waals surface area contributed by atoms with Gasteiger partial charge in [0, 0.05) is 30.0 Å². The van der Waals surface area contributed by atoms with Crippen LogP contribution in [0.5, 0.6) is 0 Å². The number of thioether (sulfide) groups is 2. The van der Waals surface area contributed by atoms with E-state index in [1.54, 1.807) is 0 Å². The second-order valence-corrected chi connectivity index (χ2v) is 22.1. The van der Waals surface area contributed by atoms with Gasteiger partial charge in [0.05, 0.1) is 22.6 Å². The van der Waals surface area contributed by atoms with Crippen LogP contribution in [-0.2, 0) is 9.47 Å². The maximum Gasteiger partial charge on any atom is 0.224 e. The summed E-state index contributed by atoms with van der Waals surface area (Å²) in [6.45, 7) is 10.4. The third kappa shape index (κ3) is 11.5. The van der Waals surface area contributed by atoms with Crippen molar-refractivity contribution in [3.63, 3.8) is 0 Å². The molecular formula is C56H56O2S6. The van der Waals surface area contributed by atoms with Gasteiger partial charge in [-0.1, -0.05) is 163 Å². The molecule has 0 aliphatic rings. The van der Waals surface area contributed by atoms with E-state index in [1.165, 1.54) is 136 Å². The van der Waals surface area contributed by atoms with Gasteiger partial charge in [-0.25, -0.2) is 0 Å². The Morgan fingerprint density at radius 2 is 0.766 bits per heavy atom. The molecular weight excluding hydrogens is 897 g/mol. The molecule has 0 saturated heterocycles. The van der Waals surface area contributed by atoms with Gasteiger partial charge in [0.2, 0.25) is 8.77 Å². The SMILES string of the molecule is CCCCC(CC)COC(=S)Sc1ccc(-c2ccc(-c3ccc4c(c3)sc3c5ccc(-c6ccc(-c7ccc(SC(=S)OCC(CC)CCCC)cc7)cc6)cc5sc43)cc2)cc1. The Morgan fingerprint density at radius 3 is 1.09 bits per heavy atom. The Balaban J connectivity index is 0.886. The minimum Gasteiger partial charge on any atom is -0.478 e. The molecule has 6 aromatic carbocycles. The van der Waals surface area contributed by atoms with E-state index in [9.17, 15) is 0 Å².